The topological polar surface area (TPSA) is 66.5 Å². The lowest BCUT2D eigenvalue weighted by Crippen LogP contribution is -2.25. The highest BCUT2D eigenvalue weighted by Gasteiger charge is 2.22. The lowest BCUT2D eigenvalue weighted by atomic mass is 10.1. The summed E-state index contributed by atoms with van der Waals surface area (Å²) in [5.41, 5.74) is 2.93. The number of nitrogens with one attached hydrogen (secondary N) is 1. The molecule has 2 aromatic carbocycles. The summed E-state index contributed by atoms with van der Waals surface area (Å²) in [4.78, 5) is 37.4. The number of fused-ring (bicyclic) bond motifs is 1. The molecule has 0 unspecified atom stereocenters. The molecule has 134 valence electrons. The van der Waals surface area contributed by atoms with E-state index in [2.05, 4.69) is 5.32 Å². The van der Waals surface area contributed by atoms with Gasteiger partial charge in [-0.2, -0.15) is 0 Å². The van der Waals surface area contributed by atoms with E-state index in [0.717, 1.165) is 17.7 Å². The molecule has 1 heterocycles. The Morgan fingerprint density at radius 3 is 2.50 bits per heavy atom. The first-order valence-corrected chi connectivity index (χ1v) is 8.43. The average molecular weight is 354 g/mol. The van der Waals surface area contributed by atoms with Crippen LogP contribution in [0.25, 0.3) is 0 Å². The number of hydrogen-bond acceptors (Lipinski definition) is 3. The summed E-state index contributed by atoms with van der Waals surface area (Å²) < 4.78 is 12.9. The van der Waals surface area contributed by atoms with Crippen LogP contribution in [0.4, 0.5) is 15.8 Å². The molecule has 2 amide bonds. The molecule has 2 aromatic rings. The van der Waals surface area contributed by atoms with Crippen molar-refractivity contribution in [3.8, 4) is 0 Å². The maximum Gasteiger partial charge on any atom is 0.224 e. The molecule has 0 atom stereocenters. The Morgan fingerprint density at radius 1 is 1.08 bits per heavy atom. The normalized spacial score (nSPS) is 12.6. The lowest BCUT2D eigenvalue weighted by molar-refractivity contribution is -0.117. The second kappa shape index (κ2) is 7.47. The second-order valence-corrected chi connectivity index (χ2v) is 6.24. The van der Waals surface area contributed by atoms with E-state index in [9.17, 15) is 18.8 Å². The highest BCUT2D eigenvalue weighted by atomic mass is 19.1. The van der Waals surface area contributed by atoms with Gasteiger partial charge in [0.25, 0.3) is 0 Å². The van der Waals surface area contributed by atoms with Crippen molar-refractivity contribution in [1.29, 1.82) is 0 Å². The van der Waals surface area contributed by atoms with Crippen molar-refractivity contribution in [1.82, 2.24) is 0 Å². The monoisotopic (exact) mass is 354 g/mol. The summed E-state index contributed by atoms with van der Waals surface area (Å²) in [7, 11) is 0. The lowest BCUT2D eigenvalue weighted by Gasteiger charge is -2.15. The van der Waals surface area contributed by atoms with Gasteiger partial charge in [-0.05, 0) is 54.4 Å². The molecule has 1 aliphatic rings. The molecule has 1 aliphatic heterocycles. The van der Waals surface area contributed by atoms with E-state index in [1.807, 2.05) is 12.1 Å². The van der Waals surface area contributed by atoms with Crippen LogP contribution in [0.3, 0.4) is 0 Å². The Kier molecular flexibility index (Phi) is 5.11. The first-order valence-electron chi connectivity index (χ1n) is 8.43. The smallest absolute Gasteiger partial charge is 0.224 e. The molecule has 0 radical (unpaired) electrons. The zero-order valence-electron chi connectivity index (χ0n) is 14.4. The number of amides is 2. The Hall–Kier alpha value is -3.02. The predicted molar refractivity (Wildman–Crippen MR) is 96.8 cm³/mol. The van der Waals surface area contributed by atoms with Crippen molar-refractivity contribution in [3.63, 3.8) is 0 Å². The van der Waals surface area contributed by atoms with Gasteiger partial charge >= 0.3 is 0 Å². The fourth-order valence-electron chi connectivity index (χ4n) is 3.04. The van der Waals surface area contributed by atoms with Crippen LogP contribution in [0.2, 0.25) is 0 Å². The first kappa shape index (κ1) is 17.8. The Morgan fingerprint density at radius 2 is 1.81 bits per heavy atom. The third kappa shape index (κ3) is 3.96. The number of hydrogen-bond donors (Lipinski definition) is 1. The van der Waals surface area contributed by atoms with Crippen LogP contribution in [-0.2, 0) is 16.0 Å². The van der Waals surface area contributed by atoms with Crippen LogP contribution < -0.4 is 10.2 Å². The van der Waals surface area contributed by atoms with Crippen molar-refractivity contribution in [3.05, 3.63) is 59.4 Å². The Balaban J connectivity index is 1.56. The van der Waals surface area contributed by atoms with Crippen molar-refractivity contribution in [2.75, 3.05) is 16.8 Å². The van der Waals surface area contributed by atoms with E-state index in [-0.39, 0.29) is 30.4 Å². The quantitative estimate of drug-likeness (QED) is 0.838. The van der Waals surface area contributed by atoms with Crippen molar-refractivity contribution in [2.24, 2.45) is 0 Å². The molecule has 3 rings (SSSR count). The summed E-state index contributed by atoms with van der Waals surface area (Å²) in [6, 6.07) is 10.7. The van der Waals surface area contributed by atoms with Gasteiger partial charge in [-0.15, -0.1) is 0 Å². The zero-order chi connectivity index (χ0) is 18.7. The molecule has 1 N–H and O–H groups in total. The number of nitrogens with zero attached hydrogens (tertiary/aromatic N) is 1. The number of Topliss-reactive ketones (excluding diaryl/α,β-unsaturated/α-hetero) is 1. The largest absolute Gasteiger partial charge is 0.326 e. The molecular formula is C20H19FN2O3. The number of benzene rings is 2. The summed E-state index contributed by atoms with van der Waals surface area (Å²) >= 11 is 0. The van der Waals surface area contributed by atoms with E-state index in [1.54, 1.807) is 11.0 Å². The molecule has 0 saturated heterocycles. The average Bonchev–Trinajstić information content (AvgIpc) is 3.03. The fourth-order valence-corrected chi connectivity index (χ4v) is 3.04. The van der Waals surface area contributed by atoms with Crippen LogP contribution in [0.1, 0.15) is 35.7 Å². The molecule has 0 saturated carbocycles. The minimum absolute atomic E-state index is 0.000147. The molecular weight excluding hydrogens is 335 g/mol. The number of carbonyl (C=O) groups is 3. The molecule has 6 heteroatoms. The number of ketones is 1. The summed E-state index contributed by atoms with van der Waals surface area (Å²) in [6.07, 6.45) is 0.856. The Bertz CT molecular complexity index is 862. The third-order valence-corrected chi connectivity index (χ3v) is 4.38. The van der Waals surface area contributed by atoms with Gasteiger partial charge in [-0.25, -0.2) is 4.39 Å². The van der Waals surface area contributed by atoms with Gasteiger partial charge in [0.15, 0.2) is 5.78 Å². The molecule has 0 spiro atoms. The number of halogens is 1. The van der Waals surface area contributed by atoms with Crippen LogP contribution in [0.5, 0.6) is 0 Å². The van der Waals surface area contributed by atoms with E-state index < -0.39 is 5.82 Å². The number of anilines is 2. The van der Waals surface area contributed by atoms with Crippen LogP contribution in [-0.4, -0.2) is 24.1 Å². The molecule has 0 fully saturated rings. The van der Waals surface area contributed by atoms with Gasteiger partial charge in [0, 0.05) is 43.2 Å². The fraction of sp³-hybridized carbons (Fsp3) is 0.250. The highest BCUT2D eigenvalue weighted by Crippen LogP contribution is 2.30. The van der Waals surface area contributed by atoms with Gasteiger partial charge in [0.2, 0.25) is 11.8 Å². The predicted octanol–water partition coefficient (Wildman–Crippen LogP) is 3.34. The van der Waals surface area contributed by atoms with Gasteiger partial charge in [0.05, 0.1) is 0 Å². The van der Waals surface area contributed by atoms with Crippen molar-refractivity contribution >= 4 is 29.0 Å². The summed E-state index contributed by atoms with van der Waals surface area (Å²) in [6.45, 7) is 2.18. The SMILES string of the molecule is CC(=O)N1CCc2cc(NC(=O)CCC(=O)c3ccc(F)cc3)ccc21. The second-order valence-electron chi connectivity index (χ2n) is 6.24. The molecule has 0 bridgehead atoms. The molecule has 5 nitrogen and oxygen atoms in total. The van der Waals surface area contributed by atoms with Gasteiger partial charge < -0.3 is 10.2 Å². The maximum atomic E-state index is 12.9. The molecule has 0 aliphatic carbocycles. The van der Waals surface area contributed by atoms with E-state index in [1.165, 1.54) is 31.2 Å². The minimum atomic E-state index is -0.403. The van der Waals surface area contributed by atoms with Gasteiger partial charge in [-0.3, -0.25) is 14.4 Å². The summed E-state index contributed by atoms with van der Waals surface area (Å²) in [5.74, 6) is -0.868. The Labute approximate surface area is 150 Å². The maximum absolute atomic E-state index is 12.9. The van der Waals surface area contributed by atoms with Crippen LogP contribution in [0, 0.1) is 5.82 Å². The molecule has 26 heavy (non-hydrogen) atoms. The van der Waals surface area contributed by atoms with E-state index >= 15 is 0 Å². The van der Waals surface area contributed by atoms with Crippen molar-refractivity contribution in [2.45, 2.75) is 26.2 Å². The van der Waals surface area contributed by atoms with E-state index in [0.29, 0.717) is 17.8 Å². The third-order valence-electron chi connectivity index (χ3n) is 4.38. The van der Waals surface area contributed by atoms with E-state index in [4.69, 9.17) is 0 Å². The number of rotatable bonds is 5. The standard InChI is InChI=1S/C20H19FN2O3/c1-13(24)23-11-10-15-12-17(6-7-18(15)23)22-20(26)9-8-19(25)14-2-4-16(21)5-3-14/h2-7,12H,8-11H2,1H3,(H,22,26). The van der Waals surface area contributed by atoms with Crippen LogP contribution in [0.15, 0.2) is 42.5 Å². The van der Waals surface area contributed by atoms with Gasteiger partial charge in [0.1, 0.15) is 5.82 Å². The van der Waals surface area contributed by atoms with Crippen LogP contribution >= 0.6 is 0 Å². The number of carbonyl (C=O) groups excluding carboxylic acids is 3. The zero-order valence-corrected chi connectivity index (χ0v) is 14.4. The van der Waals surface area contributed by atoms with Crippen molar-refractivity contribution < 1.29 is 18.8 Å². The minimum Gasteiger partial charge on any atom is -0.326 e. The first-order chi connectivity index (χ1) is 12.4. The molecule has 0 aromatic heterocycles. The highest BCUT2D eigenvalue weighted by molar-refractivity contribution is 6.00. The summed E-state index contributed by atoms with van der Waals surface area (Å²) in [5, 5.41) is 2.78. The van der Waals surface area contributed by atoms with Gasteiger partial charge in [-0.1, -0.05) is 0 Å².